The lowest BCUT2D eigenvalue weighted by Gasteiger charge is -2.27. The number of carbonyl (C=O) groups excluding carboxylic acids is 1. The zero-order valence-corrected chi connectivity index (χ0v) is 14.1. The Bertz CT molecular complexity index is 907. The molecule has 0 saturated carbocycles. The number of nitrogens with one attached hydrogen (secondary N) is 1. The molecular weight excluding hydrogens is 343 g/mol. The van der Waals surface area contributed by atoms with Crippen molar-refractivity contribution in [1.82, 2.24) is 9.97 Å². The first-order chi connectivity index (χ1) is 12.2. The number of halogens is 1. The Labute approximate surface area is 147 Å². The summed E-state index contributed by atoms with van der Waals surface area (Å²) in [6.45, 7) is 2.95. The van der Waals surface area contributed by atoms with E-state index in [1.54, 1.807) is 18.3 Å². The smallest absolute Gasteiger partial charge is 0.259 e. The molecule has 4 rings (SSSR count). The van der Waals surface area contributed by atoms with Crippen LogP contribution in [0.3, 0.4) is 0 Å². The van der Waals surface area contributed by atoms with Crippen LogP contribution in [0.4, 0.5) is 15.3 Å². The van der Waals surface area contributed by atoms with Crippen molar-refractivity contribution in [3.8, 4) is 0 Å². The van der Waals surface area contributed by atoms with Crippen LogP contribution in [0.5, 0.6) is 0 Å². The summed E-state index contributed by atoms with van der Waals surface area (Å²) in [5.74, 6) is 0.216. The average molecular weight is 358 g/mol. The van der Waals surface area contributed by atoms with Crippen LogP contribution in [0.2, 0.25) is 0 Å². The molecule has 6 nitrogen and oxygen atoms in total. The Morgan fingerprint density at radius 2 is 2.08 bits per heavy atom. The Hall–Kier alpha value is -2.58. The first-order valence-corrected chi connectivity index (χ1v) is 8.67. The molecule has 1 aliphatic rings. The van der Waals surface area contributed by atoms with Crippen molar-refractivity contribution in [3.05, 3.63) is 47.9 Å². The first-order valence-electron chi connectivity index (χ1n) is 7.85. The van der Waals surface area contributed by atoms with Gasteiger partial charge in [0.05, 0.1) is 29.0 Å². The molecule has 1 N–H and O–H groups in total. The zero-order valence-electron chi connectivity index (χ0n) is 13.2. The summed E-state index contributed by atoms with van der Waals surface area (Å²) >= 11 is 1.23. The van der Waals surface area contributed by atoms with Gasteiger partial charge in [0.25, 0.3) is 5.91 Å². The van der Waals surface area contributed by atoms with Gasteiger partial charge in [-0.25, -0.2) is 14.4 Å². The minimum Gasteiger partial charge on any atom is -0.378 e. The molecule has 8 heteroatoms. The second-order valence-corrected chi connectivity index (χ2v) is 6.62. The summed E-state index contributed by atoms with van der Waals surface area (Å²) in [6, 6.07) is 7.91. The number of rotatable bonds is 3. The molecule has 1 fully saturated rings. The highest BCUT2D eigenvalue weighted by molar-refractivity contribution is 7.22. The molecule has 1 aliphatic heterocycles. The number of anilines is 2. The lowest BCUT2D eigenvalue weighted by Crippen LogP contribution is -2.36. The summed E-state index contributed by atoms with van der Waals surface area (Å²) in [7, 11) is 0. The van der Waals surface area contributed by atoms with Gasteiger partial charge in [-0.3, -0.25) is 10.1 Å². The maximum atomic E-state index is 13.2. The van der Waals surface area contributed by atoms with Crippen molar-refractivity contribution in [1.29, 1.82) is 0 Å². The number of amides is 1. The minimum absolute atomic E-state index is 0.291. The van der Waals surface area contributed by atoms with Gasteiger partial charge in [0.2, 0.25) is 0 Å². The van der Waals surface area contributed by atoms with E-state index in [0.29, 0.717) is 34.1 Å². The van der Waals surface area contributed by atoms with Crippen molar-refractivity contribution in [2.24, 2.45) is 0 Å². The molecule has 1 amide bonds. The molecule has 1 aromatic carbocycles. The number of carbonyl (C=O) groups is 1. The molecule has 2 aromatic heterocycles. The normalized spacial score (nSPS) is 14.7. The van der Waals surface area contributed by atoms with Crippen LogP contribution in [0, 0.1) is 5.82 Å². The third kappa shape index (κ3) is 3.45. The van der Waals surface area contributed by atoms with Gasteiger partial charge in [-0.05, 0) is 30.3 Å². The van der Waals surface area contributed by atoms with E-state index >= 15 is 0 Å². The number of hydrogen-bond donors (Lipinski definition) is 1. The number of pyridine rings is 1. The van der Waals surface area contributed by atoms with Crippen LogP contribution in [0.1, 0.15) is 10.4 Å². The summed E-state index contributed by atoms with van der Waals surface area (Å²) in [6.07, 6.45) is 1.55. The molecule has 0 atom stereocenters. The highest BCUT2D eigenvalue weighted by Gasteiger charge is 2.14. The van der Waals surface area contributed by atoms with Crippen LogP contribution in [-0.2, 0) is 4.74 Å². The Kier molecular flexibility index (Phi) is 4.29. The van der Waals surface area contributed by atoms with E-state index in [4.69, 9.17) is 4.74 Å². The molecule has 1 saturated heterocycles. The van der Waals surface area contributed by atoms with E-state index in [1.807, 2.05) is 6.07 Å². The van der Waals surface area contributed by atoms with Gasteiger partial charge in [0.1, 0.15) is 11.6 Å². The van der Waals surface area contributed by atoms with Gasteiger partial charge >= 0.3 is 0 Å². The molecule has 128 valence electrons. The Balaban J connectivity index is 1.48. The van der Waals surface area contributed by atoms with Crippen LogP contribution in [0.25, 0.3) is 10.2 Å². The predicted molar refractivity (Wildman–Crippen MR) is 94.8 cm³/mol. The number of fused-ring (bicyclic) bond motifs is 1. The van der Waals surface area contributed by atoms with E-state index in [9.17, 15) is 9.18 Å². The monoisotopic (exact) mass is 358 g/mol. The fourth-order valence-electron chi connectivity index (χ4n) is 2.62. The molecule has 3 aromatic rings. The van der Waals surface area contributed by atoms with Crippen LogP contribution >= 0.6 is 11.3 Å². The van der Waals surface area contributed by atoms with Crippen LogP contribution < -0.4 is 10.2 Å². The van der Waals surface area contributed by atoms with Crippen molar-refractivity contribution < 1.29 is 13.9 Å². The zero-order chi connectivity index (χ0) is 17.2. The highest BCUT2D eigenvalue weighted by Crippen LogP contribution is 2.26. The molecule has 0 aliphatic carbocycles. The maximum absolute atomic E-state index is 13.2. The van der Waals surface area contributed by atoms with Crippen molar-refractivity contribution in [2.75, 3.05) is 36.5 Å². The van der Waals surface area contributed by atoms with Crippen LogP contribution in [-0.4, -0.2) is 42.2 Å². The lowest BCUT2D eigenvalue weighted by atomic mass is 10.2. The van der Waals surface area contributed by atoms with Gasteiger partial charge in [0, 0.05) is 19.3 Å². The van der Waals surface area contributed by atoms with Gasteiger partial charge in [-0.1, -0.05) is 11.3 Å². The third-order valence-electron chi connectivity index (χ3n) is 3.92. The lowest BCUT2D eigenvalue weighted by molar-refractivity contribution is 0.102. The molecule has 0 unspecified atom stereocenters. The number of benzene rings is 1. The van der Waals surface area contributed by atoms with Gasteiger partial charge < -0.3 is 9.64 Å². The largest absolute Gasteiger partial charge is 0.378 e. The topological polar surface area (TPSA) is 67.4 Å². The SMILES string of the molecule is O=C(Nc1nc2ccc(F)cc2s1)c1ccc(N2CCOCC2)nc1. The van der Waals surface area contributed by atoms with Gasteiger partial charge in [0.15, 0.2) is 5.13 Å². The predicted octanol–water partition coefficient (Wildman–Crippen LogP) is 2.92. The fraction of sp³-hybridized carbons (Fsp3) is 0.235. The summed E-state index contributed by atoms with van der Waals surface area (Å²) in [5.41, 5.74) is 1.10. The number of thiazole rings is 1. The van der Waals surface area contributed by atoms with E-state index in [-0.39, 0.29) is 11.7 Å². The number of hydrogen-bond acceptors (Lipinski definition) is 6. The molecule has 3 heterocycles. The highest BCUT2D eigenvalue weighted by atomic mass is 32.1. The summed E-state index contributed by atoms with van der Waals surface area (Å²) in [5, 5.41) is 3.17. The molecule has 0 spiro atoms. The fourth-order valence-corrected chi connectivity index (χ4v) is 3.51. The van der Waals surface area contributed by atoms with E-state index in [1.165, 1.54) is 23.5 Å². The Morgan fingerprint density at radius 1 is 1.24 bits per heavy atom. The first kappa shape index (κ1) is 15.9. The van der Waals surface area contributed by atoms with Crippen molar-refractivity contribution in [2.45, 2.75) is 0 Å². The Morgan fingerprint density at radius 3 is 2.84 bits per heavy atom. The van der Waals surface area contributed by atoms with Crippen molar-refractivity contribution >= 4 is 38.4 Å². The quantitative estimate of drug-likeness (QED) is 0.780. The van der Waals surface area contributed by atoms with Gasteiger partial charge in [-0.15, -0.1) is 0 Å². The maximum Gasteiger partial charge on any atom is 0.259 e. The second-order valence-electron chi connectivity index (χ2n) is 5.59. The number of nitrogens with zero attached hydrogens (tertiary/aromatic N) is 3. The van der Waals surface area contributed by atoms with E-state index in [0.717, 1.165) is 18.9 Å². The second kappa shape index (κ2) is 6.73. The molecule has 25 heavy (non-hydrogen) atoms. The summed E-state index contributed by atoms with van der Waals surface area (Å²) in [4.78, 5) is 23.1. The number of ether oxygens (including phenoxy) is 1. The molecular formula is C17H15FN4O2S. The minimum atomic E-state index is -0.322. The number of morpholine rings is 1. The molecule has 0 radical (unpaired) electrons. The van der Waals surface area contributed by atoms with Gasteiger partial charge in [-0.2, -0.15) is 0 Å². The third-order valence-corrected chi connectivity index (χ3v) is 4.85. The van der Waals surface area contributed by atoms with E-state index in [2.05, 4.69) is 20.2 Å². The van der Waals surface area contributed by atoms with Crippen molar-refractivity contribution in [3.63, 3.8) is 0 Å². The summed E-state index contributed by atoms with van der Waals surface area (Å²) < 4.78 is 19.2. The molecule has 0 bridgehead atoms. The number of aromatic nitrogens is 2. The van der Waals surface area contributed by atoms with Crippen LogP contribution in [0.15, 0.2) is 36.5 Å². The van der Waals surface area contributed by atoms with E-state index < -0.39 is 0 Å². The standard InChI is InChI=1S/C17H15FN4O2S/c18-12-2-3-13-14(9-12)25-17(20-13)21-16(23)11-1-4-15(19-10-11)22-5-7-24-8-6-22/h1-4,9-10H,5-8H2,(H,20,21,23). The average Bonchev–Trinajstić information content (AvgIpc) is 3.04.